The summed E-state index contributed by atoms with van der Waals surface area (Å²) in [5.74, 6) is 1.61. The highest BCUT2D eigenvalue weighted by Crippen LogP contribution is 2.59. The first kappa shape index (κ1) is 17.1. The Balaban J connectivity index is 0.00000161. The van der Waals surface area contributed by atoms with Gasteiger partial charge in [0.25, 0.3) is 0 Å². The maximum absolute atomic E-state index is 12.7. The molecule has 1 N–H and O–H groups in total. The molecule has 2 heterocycles. The number of nitrogens with zero attached hydrogens (tertiary/aromatic N) is 1. The summed E-state index contributed by atoms with van der Waals surface area (Å²) in [6.07, 6.45) is 5.96. The summed E-state index contributed by atoms with van der Waals surface area (Å²) in [6.45, 7) is 11.2. The van der Waals surface area contributed by atoms with Crippen LogP contribution >= 0.6 is 12.4 Å². The topological polar surface area (TPSA) is 32.3 Å². The van der Waals surface area contributed by atoms with Crippen LogP contribution in [0.1, 0.15) is 52.9 Å². The third kappa shape index (κ3) is 3.39. The number of hydrogen-bond donors (Lipinski definition) is 1. The molecule has 1 saturated carbocycles. The number of piperidine rings is 2. The highest BCUT2D eigenvalue weighted by atomic mass is 35.5. The van der Waals surface area contributed by atoms with Crippen LogP contribution in [0.15, 0.2) is 0 Å². The van der Waals surface area contributed by atoms with E-state index in [4.69, 9.17) is 0 Å². The zero-order chi connectivity index (χ0) is 14.4. The van der Waals surface area contributed by atoms with Crippen molar-refractivity contribution in [2.75, 3.05) is 26.2 Å². The minimum Gasteiger partial charge on any atom is -0.342 e. The predicted octanol–water partition coefficient (Wildman–Crippen LogP) is 3.08. The van der Waals surface area contributed by atoms with Gasteiger partial charge < -0.3 is 10.2 Å². The van der Waals surface area contributed by atoms with Gasteiger partial charge in [-0.05, 0) is 61.9 Å². The van der Waals surface area contributed by atoms with Gasteiger partial charge in [-0.2, -0.15) is 0 Å². The van der Waals surface area contributed by atoms with Gasteiger partial charge in [-0.3, -0.25) is 4.79 Å². The molecule has 3 nitrogen and oxygen atoms in total. The molecule has 3 rings (SSSR count). The maximum atomic E-state index is 12.7. The second-order valence-corrected chi connectivity index (χ2v) is 8.33. The first-order valence-electron chi connectivity index (χ1n) is 8.42. The lowest BCUT2D eigenvalue weighted by molar-refractivity contribution is -0.135. The minimum absolute atomic E-state index is 0. The second-order valence-electron chi connectivity index (χ2n) is 8.33. The molecule has 1 spiro atoms. The Bertz CT molecular complexity index is 377. The van der Waals surface area contributed by atoms with Crippen molar-refractivity contribution in [3.8, 4) is 0 Å². The van der Waals surface area contributed by atoms with Crippen molar-refractivity contribution in [1.29, 1.82) is 0 Å². The van der Waals surface area contributed by atoms with Crippen molar-refractivity contribution in [2.45, 2.75) is 52.9 Å². The molecule has 1 atom stereocenters. The zero-order valence-electron chi connectivity index (χ0n) is 13.8. The van der Waals surface area contributed by atoms with E-state index in [1.807, 2.05) is 0 Å². The van der Waals surface area contributed by atoms with Crippen LogP contribution in [0.5, 0.6) is 0 Å². The average molecular weight is 315 g/mol. The number of halogens is 1. The Labute approximate surface area is 135 Å². The van der Waals surface area contributed by atoms with Crippen LogP contribution in [0, 0.1) is 22.7 Å². The molecule has 1 unspecified atom stereocenters. The normalized spacial score (nSPS) is 29.1. The summed E-state index contributed by atoms with van der Waals surface area (Å²) in [7, 11) is 0. The molecule has 3 aliphatic rings. The monoisotopic (exact) mass is 314 g/mol. The molecular weight excluding hydrogens is 284 g/mol. The van der Waals surface area contributed by atoms with Crippen LogP contribution in [-0.4, -0.2) is 37.0 Å². The molecule has 2 aliphatic heterocycles. The van der Waals surface area contributed by atoms with Crippen LogP contribution in [-0.2, 0) is 4.79 Å². The van der Waals surface area contributed by atoms with E-state index in [9.17, 15) is 4.79 Å². The van der Waals surface area contributed by atoms with Crippen molar-refractivity contribution in [2.24, 2.45) is 22.7 Å². The molecule has 122 valence electrons. The number of likely N-dealkylation sites (tertiary alicyclic amines) is 1. The zero-order valence-corrected chi connectivity index (χ0v) is 14.6. The van der Waals surface area contributed by atoms with Crippen molar-refractivity contribution >= 4 is 18.3 Å². The fraction of sp³-hybridized carbons (Fsp3) is 0.941. The molecule has 0 aromatic carbocycles. The smallest absolute Gasteiger partial charge is 0.226 e. The van der Waals surface area contributed by atoms with Gasteiger partial charge in [0.2, 0.25) is 5.91 Å². The van der Waals surface area contributed by atoms with Gasteiger partial charge in [-0.25, -0.2) is 0 Å². The third-order valence-electron chi connectivity index (χ3n) is 6.12. The van der Waals surface area contributed by atoms with Crippen LogP contribution in [0.25, 0.3) is 0 Å². The molecule has 1 aliphatic carbocycles. The van der Waals surface area contributed by atoms with E-state index < -0.39 is 0 Å². The van der Waals surface area contributed by atoms with Gasteiger partial charge in [-0.15, -0.1) is 12.4 Å². The van der Waals surface area contributed by atoms with Crippen molar-refractivity contribution in [3.05, 3.63) is 0 Å². The van der Waals surface area contributed by atoms with Crippen LogP contribution in [0.2, 0.25) is 0 Å². The van der Waals surface area contributed by atoms with E-state index in [0.717, 1.165) is 38.5 Å². The summed E-state index contributed by atoms with van der Waals surface area (Å²) < 4.78 is 0. The summed E-state index contributed by atoms with van der Waals surface area (Å²) in [5.41, 5.74) is 0.786. The fourth-order valence-electron chi connectivity index (χ4n) is 4.36. The Hall–Kier alpha value is -0.280. The lowest BCUT2D eigenvalue weighted by Crippen LogP contribution is -2.43. The molecule has 21 heavy (non-hydrogen) atoms. The van der Waals surface area contributed by atoms with E-state index >= 15 is 0 Å². The third-order valence-corrected chi connectivity index (χ3v) is 6.12. The number of carbonyl (C=O) groups is 1. The van der Waals surface area contributed by atoms with E-state index in [2.05, 4.69) is 31.0 Å². The van der Waals surface area contributed by atoms with Gasteiger partial charge in [0, 0.05) is 19.0 Å². The molecule has 0 bridgehead atoms. The largest absolute Gasteiger partial charge is 0.342 e. The first-order chi connectivity index (χ1) is 9.42. The quantitative estimate of drug-likeness (QED) is 0.806. The van der Waals surface area contributed by atoms with Crippen molar-refractivity contribution in [1.82, 2.24) is 10.2 Å². The molecule has 0 radical (unpaired) electrons. The van der Waals surface area contributed by atoms with E-state index in [1.54, 1.807) is 0 Å². The summed E-state index contributed by atoms with van der Waals surface area (Å²) in [4.78, 5) is 14.9. The lowest BCUT2D eigenvalue weighted by atomic mass is 9.75. The highest BCUT2D eigenvalue weighted by Gasteiger charge is 2.58. The van der Waals surface area contributed by atoms with Crippen molar-refractivity contribution < 1.29 is 4.79 Å². The Kier molecular flexibility index (Phi) is 4.94. The molecule has 0 aromatic heterocycles. The molecule has 1 amide bonds. The number of carbonyl (C=O) groups excluding carboxylic acids is 1. The highest BCUT2D eigenvalue weighted by molar-refractivity contribution is 5.85. The number of hydrogen-bond acceptors (Lipinski definition) is 2. The van der Waals surface area contributed by atoms with Crippen LogP contribution < -0.4 is 5.32 Å². The minimum atomic E-state index is 0. The Morgan fingerprint density at radius 2 is 1.71 bits per heavy atom. The van der Waals surface area contributed by atoms with Crippen molar-refractivity contribution in [3.63, 3.8) is 0 Å². The lowest BCUT2D eigenvalue weighted by Gasteiger charge is -2.39. The van der Waals surface area contributed by atoms with Gasteiger partial charge >= 0.3 is 0 Å². The van der Waals surface area contributed by atoms with E-state index in [0.29, 0.717) is 22.7 Å². The van der Waals surface area contributed by atoms with E-state index in [-0.39, 0.29) is 12.4 Å². The second kappa shape index (κ2) is 6.08. The number of nitrogens with one attached hydrogen (secondary N) is 1. The maximum Gasteiger partial charge on any atom is 0.226 e. The molecular formula is C17H31ClN2O. The Morgan fingerprint density at radius 1 is 1.14 bits per heavy atom. The molecule has 3 fully saturated rings. The van der Waals surface area contributed by atoms with Gasteiger partial charge in [0.15, 0.2) is 0 Å². The number of amides is 1. The fourth-order valence-corrected chi connectivity index (χ4v) is 4.36. The van der Waals surface area contributed by atoms with E-state index in [1.165, 1.54) is 25.7 Å². The van der Waals surface area contributed by atoms with Gasteiger partial charge in [0.05, 0.1) is 0 Å². The standard InChI is InChI=1S/C17H30N2O.ClH/c1-16(2,3)13-4-10-19(11-5-13)15(20)14-12-17(14)6-8-18-9-7-17;/h13-14,18H,4-12H2,1-3H3;1H. The average Bonchev–Trinajstić information content (AvgIpc) is 3.11. The van der Waals surface area contributed by atoms with Gasteiger partial charge in [0.1, 0.15) is 0 Å². The van der Waals surface area contributed by atoms with Gasteiger partial charge in [-0.1, -0.05) is 20.8 Å². The summed E-state index contributed by atoms with van der Waals surface area (Å²) in [5, 5.41) is 3.42. The molecule has 4 heteroatoms. The molecule has 2 saturated heterocycles. The first-order valence-corrected chi connectivity index (χ1v) is 8.42. The summed E-state index contributed by atoms with van der Waals surface area (Å²) in [6, 6.07) is 0. The number of rotatable bonds is 1. The SMILES string of the molecule is CC(C)(C)C1CCN(C(=O)C2CC23CCNCC3)CC1.Cl. The summed E-state index contributed by atoms with van der Waals surface area (Å²) >= 11 is 0. The Morgan fingerprint density at radius 3 is 2.24 bits per heavy atom. The molecule has 0 aromatic rings. The van der Waals surface area contributed by atoms with Crippen LogP contribution in [0.3, 0.4) is 0 Å². The predicted molar refractivity (Wildman–Crippen MR) is 88.7 cm³/mol. The van der Waals surface area contributed by atoms with Crippen LogP contribution in [0.4, 0.5) is 0 Å².